The van der Waals surface area contributed by atoms with Crippen LogP contribution >= 0.6 is 15.9 Å². The molecule has 0 fully saturated rings. The summed E-state index contributed by atoms with van der Waals surface area (Å²) in [4.78, 5) is 11.2. The molecule has 2 aromatic carbocycles. The SMILES string of the molecule is O=Cc1cn(CCCc2ccccc2)c2ccc(Br)cc12. The molecule has 0 amide bonds. The first-order valence-electron chi connectivity index (χ1n) is 7.05. The van der Waals surface area contributed by atoms with Crippen LogP contribution in [0.3, 0.4) is 0 Å². The van der Waals surface area contributed by atoms with Crippen LogP contribution in [0, 0.1) is 0 Å². The van der Waals surface area contributed by atoms with Crippen molar-refractivity contribution < 1.29 is 4.79 Å². The Morgan fingerprint density at radius 2 is 1.90 bits per heavy atom. The van der Waals surface area contributed by atoms with Crippen molar-refractivity contribution in [3.05, 3.63) is 70.3 Å². The molecule has 2 nitrogen and oxygen atoms in total. The number of hydrogen-bond acceptors (Lipinski definition) is 1. The molecule has 0 saturated carbocycles. The lowest BCUT2D eigenvalue weighted by molar-refractivity contribution is 0.112. The van der Waals surface area contributed by atoms with Gasteiger partial charge in [0.15, 0.2) is 6.29 Å². The quantitative estimate of drug-likeness (QED) is 0.608. The molecule has 0 atom stereocenters. The standard InChI is InChI=1S/C18H16BrNO/c19-16-8-9-18-17(11-16)15(13-21)12-20(18)10-4-7-14-5-2-1-3-6-14/h1-3,5-6,8-9,11-13H,4,7,10H2. The first-order valence-corrected chi connectivity index (χ1v) is 7.85. The molecule has 3 aromatic rings. The molecule has 0 saturated heterocycles. The van der Waals surface area contributed by atoms with Crippen LogP contribution in [-0.2, 0) is 13.0 Å². The predicted octanol–water partition coefficient (Wildman–Crippen LogP) is 4.85. The number of halogens is 1. The first kappa shape index (κ1) is 14.1. The molecule has 0 N–H and O–H groups in total. The fraction of sp³-hybridized carbons (Fsp3) is 0.167. The third-order valence-corrected chi connectivity index (χ3v) is 4.20. The van der Waals surface area contributed by atoms with Gasteiger partial charge in [-0.05, 0) is 36.6 Å². The maximum atomic E-state index is 11.2. The highest BCUT2D eigenvalue weighted by atomic mass is 79.9. The van der Waals surface area contributed by atoms with Crippen LogP contribution in [0.2, 0.25) is 0 Å². The van der Waals surface area contributed by atoms with Gasteiger partial charge in [-0.15, -0.1) is 0 Å². The molecule has 0 bridgehead atoms. The van der Waals surface area contributed by atoms with Crippen molar-refractivity contribution in [2.24, 2.45) is 0 Å². The predicted molar refractivity (Wildman–Crippen MR) is 89.8 cm³/mol. The third kappa shape index (κ3) is 3.08. The molecule has 0 radical (unpaired) electrons. The van der Waals surface area contributed by atoms with E-state index in [0.717, 1.165) is 46.6 Å². The second kappa shape index (κ2) is 6.27. The molecule has 21 heavy (non-hydrogen) atoms. The molecule has 106 valence electrons. The van der Waals surface area contributed by atoms with E-state index >= 15 is 0 Å². The third-order valence-electron chi connectivity index (χ3n) is 3.71. The van der Waals surface area contributed by atoms with Crippen LogP contribution in [0.25, 0.3) is 10.9 Å². The number of hydrogen-bond donors (Lipinski definition) is 0. The summed E-state index contributed by atoms with van der Waals surface area (Å²) in [5, 5.41) is 1.01. The number of aromatic nitrogens is 1. The summed E-state index contributed by atoms with van der Waals surface area (Å²) >= 11 is 3.46. The van der Waals surface area contributed by atoms with E-state index in [-0.39, 0.29) is 0 Å². The Balaban J connectivity index is 1.79. The topological polar surface area (TPSA) is 22.0 Å². The summed E-state index contributed by atoms with van der Waals surface area (Å²) in [7, 11) is 0. The molecule has 0 aliphatic rings. The Labute approximate surface area is 132 Å². The lowest BCUT2D eigenvalue weighted by Crippen LogP contribution is -1.98. The van der Waals surface area contributed by atoms with Crippen molar-refractivity contribution in [3.63, 3.8) is 0 Å². The summed E-state index contributed by atoms with van der Waals surface area (Å²) in [6.07, 6.45) is 4.99. The van der Waals surface area contributed by atoms with E-state index in [1.54, 1.807) is 0 Å². The van der Waals surface area contributed by atoms with E-state index in [1.165, 1.54) is 5.56 Å². The molecule has 0 aliphatic heterocycles. The van der Waals surface area contributed by atoms with Crippen molar-refractivity contribution in [2.75, 3.05) is 0 Å². The van der Waals surface area contributed by atoms with Gasteiger partial charge in [-0.2, -0.15) is 0 Å². The lowest BCUT2D eigenvalue weighted by atomic mass is 10.1. The van der Waals surface area contributed by atoms with Gasteiger partial charge in [0, 0.05) is 33.7 Å². The second-order valence-corrected chi connectivity index (χ2v) is 6.06. The fourth-order valence-corrected chi connectivity index (χ4v) is 3.04. The monoisotopic (exact) mass is 341 g/mol. The van der Waals surface area contributed by atoms with Crippen molar-refractivity contribution in [1.29, 1.82) is 0 Å². The summed E-state index contributed by atoms with van der Waals surface area (Å²) in [5.74, 6) is 0. The summed E-state index contributed by atoms with van der Waals surface area (Å²) in [5.41, 5.74) is 3.23. The highest BCUT2D eigenvalue weighted by Crippen LogP contribution is 2.24. The van der Waals surface area contributed by atoms with E-state index < -0.39 is 0 Å². The molecular formula is C18H16BrNO. The van der Waals surface area contributed by atoms with Gasteiger partial charge in [0.2, 0.25) is 0 Å². The van der Waals surface area contributed by atoms with E-state index in [2.05, 4.69) is 50.8 Å². The second-order valence-electron chi connectivity index (χ2n) is 5.15. The Bertz CT molecular complexity index is 761. The van der Waals surface area contributed by atoms with Gasteiger partial charge in [-0.25, -0.2) is 0 Å². The van der Waals surface area contributed by atoms with Gasteiger partial charge in [-0.1, -0.05) is 46.3 Å². The summed E-state index contributed by atoms with van der Waals surface area (Å²) < 4.78 is 3.18. The largest absolute Gasteiger partial charge is 0.347 e. The number of carbonyl (C=O) groups excluding carboxylic acids is 1. The minimum atomic E-state index is 0.756. The highest BCUT2D eigenvalue weighted by molar-refractivity contribution is 9.10. The van der Waals surface area contributed by atoms with Crippen LogP contribution in [0.1, 0.15) is 22.3 Å². The molecule has 0 spiro atoms. The minimum absolute atomic E-state index is 0.756. The maximum Gasteiger partial charge on any atom is 0.152 e. The van der Waals surface area contributed by atoms with Crippen molar-refractivity contribution in [3.8, 4) is 0 Å². The van der Waals surface area contributed by atoms with E-state index in [1.807, 2.05) is 24.4 Å². The molecule has 0 unspecified atom stereocenters. The number of aryl methyl sites for hydroxylation is 2. The number of benzene rings is 2. The van der Waals surface area contributed by atoms with Gasteiger partial charge in [-0.3, -0.25) is 4.79 Å². The minimum Gasteiger partial charge on any atom is -0.347 e. The lowest BCUT2D eigenvalue weighted by Gasteiger charge is -2.05. The Morgan fingerprint density at radius 3 is 2.67 bits per heavy atom. The van der Waals surface area contributed by atoms with E-state index in [9.17, 15) is 4.79 Å². The van der Waals surface area contributed by atoms with Crippen LogP contribution in [0.4, 0.5) is 0 Å². The molecule has 3 rings (SSSR count). The Kier molecular flexibility index (Phi) is 4.20. The summed E-state index contributed by atoms with van der Waals surface area (Å²) in [6.45, 7) is 0.918. The van der Waals surface area contributed by atoms with Crippen molar-refractivity contribution in [1.82, 2.24) is 4.57 Å². The van der Waals surface area contributed by atoms with Crippen LogP contribution in [0.15, 0.2) is 59.2 Å². The zero-order valence-corrected chi connectivity index (χ0v) is 13.2. The van der Waals surface area contributed by atoms with Gasteiger partial charge in [0.05, 0.1) is 0 Å². The smallest absolute Gasteiger partial charge is 0.152 e. The fourth-order valence-electron chi connectivity index (χ4n) is 2.67. The van der Waals surface area contributed by atoms with Gasteiger partial charge in [0.25, 0.3) is 0 Å². The normalized spacial score (nSPS) is 10.9. The highest BCUT2D eigenvalue weighted by Gasteiger charge is 2.08. The van der Waals surface area contributed by atoms with Crippen molar-refractivity contribution >= 4 is 33.1 Å². The average molecular weight is 342 g/mol. The Morgan fingerprint density at radius 1 is 1.10 bits per heavy atom. The van der Waals surface area contributed by atoms with Gasteiger partial charge < -0.3 is 4.57 Å². The maximum absolute atomic E-state index is 11.2. The number of fused-ring (bicyclic) bond motifs is 1. The zero-order chi connectivity index (χ0) is 14.7. The Hall–Kier alpha value is -1.87. The van der Waals surface area contributed by atoms with Gasteiger partial charge in [0.1, 0.15) is 0 Å². The number of carbonyl (C=O) groups is 1. The van der Waals surface area contributed by atoms with E-state index in [4.69, 9.17) is 0 Å². The number of nitrogens with zero attached hydrogens (tertiary/aromatic N) is 1. The van der Waals surface area contributed by atoms with Crippen LogP contribution < -0.4 is 0 Å². The van der Waals surface area contributed by atoms with Crippen molar-refractivity contribution in [2.45, 2.75) is 19.4 Å². The molecule has 1 heterocycles. The summed E-state index contributed by atoms with van der Waals surface area (Å²) in [6, 6.07) is 16.6. The number of aldehydes is 1. The molecule has 0 aliphatic carbocycles. The first-order chi connectivity index (χ1) is 10.3. The van der Waals surface area contributed by atoms with Crippen LogP contribution in [0.5, 0.6) is 0 Å². The van der Waals surface area contributed by atoms with E-state index in [0.29, 0.717) is 0 Å². The number of rotatable bonds is 5. The molecule has 3 heteroatoms. The zero-order valence-electron chi connectivity index (χ0n) is 11.6. The molecule has 1 aromatic heterocycles. The van der Waals surface area contributed by atoms with Gasteiger partial charge >= 0.3 is 0 Å². The molecular weight excluding hydrogens is 326 g/mol. The average Bonchev–Trinajstić information content (AvgIpc) is 2.85. The van der Waals surface area contributed by atoms with Crippen LogP contribution in [-0.4, -0.2) is 10.9 Å².